The van der Waals surface area contributed by atoms with Crippen molar-refractivity contribution in [3.8, 4) is 0 Å². The molecule has 1 N–H and O–H groups in total. The van der Waals surface area contributed by atoms with Gasteiger partial charge in [0.15, 0.2) is 0 Å². The molecule has 130 valence electrons. The molecule has 2 aromatic rings. The van der Waals surface area contributed by atoms with Crippen LogP contribution in [0.2, 0.25) is 0 Å². The third kappa shape index (κ3) is 4.25. The van der Waals surface area contributed by atoms with Gasteiger partial charge in [-0.1, -0.05) is 48.5 Å². The Hall–Kier alpha value is -2.66. The Labute approximate surface area is 148 Å². The van der Waals surface area contributed by atoms with Crippen LogP contribution in [-0.4, -0.2) is 47.8 Å². The van der Waals surface area contributed by atoms with Crippen LogP contribution in [0, 0.1) is 0 Å². The summed E-state index contributed by atoms with van der Waals surface area (Å²) >= 11 is 0. The van der Waals surface area contributed by atoms with Gasteiger partial charge in [-0.15, -0.1) is 0 Å². The van der Waals surface area contributed by atoms with Gasteiger partial charge in [-0.3, -0.25) is 14.5 Å². The Bertz CT molecular complexity index is 710. The minimum absolute atomic E-state index is 0.0475. The normalized spacial score (nSPS) is 16.3. The molecule has 1 atom stereocenters. The van der Waals surface area contributed by atoms with Crippen molar-refractivity contribution in [3.05, 3.63) is 66.2 Å². The second-order valence-corrected chi connectivity index (χ2v) is 6.21. The zero-order valence-corrected chi connectivity index (χ0v) is 14.4. The third-order valence-electron chi connectivity index (χ3n) is 4.53. The van der Waals surface area contributed by atoms with Crippen LogP contribution in [0.1, 0.15) is 18.5 Å². The molecule has 1 fully saturated rings. The summed E-state index contributed by atoms with van der Waals surface area (Å²) in [6, 6.07) is 18.9. The molecule has 25 heavy (non-hydrogen) atoms. The lowest BCUT2D eigenvalue weighted by atomic mass is 10.0. The largest absolute Gasteiger partial charge is 0.340 e. The molecule has 1 saturated heterocycles. The molecule has 5 nitrogen and oxygen atoms in total. The van der Waals surface area contributed by atoms with Crippen LogP contribution in [0.4, 0.5) is 5.69 Å². The molecular formula is C20H23N3O2. The van der Waals surface area contributed by atoms with E-state index in [1.54, 1.807) is 6.92 Å². The lowest BCUT2D eigenvalue weighted by Gasteiger charge is -2.38. The second kappa shape index (κ2) is 7.94. The molecular weight excluding hydrogens is 314 g/mol. The highest BCUT2D eigenvalue weighted by Gasteiger charge is 2.31. The molecule has 0 aliphatic carbocycles. The number of carbonyl (C=O) groups excluding carboxylic acids is 2. The van der Waals surface area contributed by atoms with Crippen LogP contribution in [0.15, 0.2) is 60.7 Å². The number of piperazine rings is 1. The minimum Gasteiger partial charge on any atom is -0.340 e. The smallest absolute Gasteiger partial charge is 0.246 e. The average Bonchev–Trinajstić information content (AvgIpc) is 2.64. The van der Waals surface area contributed by atoms with Crippen molar-refractivity contribution < 1.29 is 9.59 Å². The summed E-state index contributed by atoms with van der Waals surface area (Å²) < 4.78 is 0. The number of rotatable bonds is 4. The molecule has 2 aromatic carbocycles. The maximum atomic E-state index is 13.0. The van der Waals surface area contributed by atoms with Gasteiger partial charge >= 0.3 is 0 Å². The van der Waals surface area contributed by atoms with Crippen molar-refractivity contribution in [2.75, 3.05) is 31.5 Å². The van der Waals surface area contributed by atoms with Gasteiger partial charge in [0.05, 0.1) is 0 Å². The fourth-order valence-electron chi connectivity index (χ4n) is 3.19. The fraction of sp³-hybridized carbons (Fsp3) is 0.300. The number of anilines is 1. The van der Waals surface area contributed by atoms with E-state index in [9.17, 15) is 9.59 Å². The number of hydrogen-bond donors (Lipinski definition) is 1. The standard InChI is InChI=1S/C20H23N3O2/c1-16(24)22-12-14-23(15-13-22)19(17-8-4-2-5-9-17)20(25)21-18-10-6-3-7-11-18/h2-11,19H,12-15H2,1H3,(H,21,25). The summed E-state index contributed by atoms with van der Waals surface area (Å²) in [5.74, 6) is 0.0401. The van der Waals surface area contributed by atoms with E-state index in [0.717, 1.165) is 11.3 Å². The van der Waals surface area contributed by atoms with Gasteiger partial charge in [-0.2, -0.15) is 0 Å². The van der Waals surface area contributed by atoms with E-state index in [2.05, 4.69) is 10.2 Å². The molecule has 1 aliphatic heterocycles. The minimum atomic E-state index is -0.365. The summed E-state index contributed by atoms with van der Waals surface area (Å²) in [6.45, 7) is 4.25. The Morgan fingerprint density at radius 1 is 0.880 bits per heavy atom. The van der Waals surface area contributed by atoms with E-state index < -0.39 is 0 Å². The van der Waals surface area contributed by atoms with Crippen LogP contribution < -0.4 is 5.32 Å². The molecule has 5 heteroatoms. The van der Waals surface area contributed by atoms with Crippen molar-refractivity contribution in [1.29, 1.82) is 0 Å². The second-order valence-electron chi connectivity index (χ2n) is 6.21. The van der Waals surface area contributed by atoms with E-state index in [4.69, 9.17) is 0 Å². The molecule has 0 radical (unpaired) electrons. The molecule has 0 spiro atoms. The molecule has 2 amide bonds. The Morgan fingerprint density at radius 3 is 2.00 bits per heavy atom. The zero-order valence-electron chi connectivity index (χ0n) is 14.4. The average molecular weight is 337 g/mol. The lowest BCUT2D eigenvalue weighted by molar-refractivity contribution is -0.131. The number of nitrogens with one attached hydrogen (secondary N) is 1. The zero-order chi connectivity index (χ0) is 17.6. The third-order valence-corrected chi connectivity index (χ3v) is 4.53. The van der Waals surface area contributed by atoms with Gasteiger partial charge < -0.3 is 10.2 Å². The number of amides is 2. The molecule has 0 aromatic heterocycles. The summed E-state index contributed by atoms with van der Waals surface area (Å²) in [5.41, 5.74) is 1.75. The van der Waals surface area contributed by atoms with E-state index in [1.165, 1.54) is 0 Å². The van der Waals surface area contributed by atoms with E-state index in [0.29, 0.717) is 26.2 Å². The van der Waals surface area contributed by atoms with Crippen molar-refractivity contribution >= 4 is 17.5 Å². The number of hydrogen-bond acceptors (Lipinski definition) is 3. The van der Waals surface area contributed by atoms with Crippen molar-refractivity contribution in [3.63, 3.8) is 0 Å². The number of para-hydroxylation sites is 1. The molecule has 3 rings (SSSR count). The molecule has 1 heterocycles. The van der Waals surface area contributed by atoms with Gasteiger partial charge in [0.1, 0.15) is 6.04 Å². The Balaban J connectivity index is 1.79. The summed E-state index contributed by atoms with van der Waals surface area (Å²) in [6.07, 6.45) is 0. The molecule has 0 bridgehead atoms. The van der Waals surface area contributed by atoms with Gasteiger partial charge in [0.2, 0.25) is 11.8 Å². The van der Waals surface area contributed by atoms with Crippen LogP contribution in [0.5, 0.6) is 0 Å². The van der Waals surface area contributed by atoms with Crippen LogP contribution in [-0.2, 0) is 9.59 Å². The predicted molar refractivity (Wildman–Crippen MR) is 98.1 cm³/mol. The highest BCUT2D eigenvalue weighted by molar-refractivity contribution is 5.95. The van der Waals surface area contributed by atoms with Crippen LogP contribution in [0.25, 0.3) is 0 Å². The van der Waals surface area contributed by atoms with Crippen LogP contribution in [0.3, 0.4) is 0 Å². The van der Waals surface area contributed by atoms with E-state index in [1.807, 2.05) is 65.6 Å². The summed E-state index contributed by atoms with van der Waals surface area (Å²) in [7, 11) is 0. The SMILES string of the molecule is CC(=O)N1CCN(C(C(=O)Nc2ccccc2)c2ccccc2)CC1. The van der Waals surface area contributed by atoms with Gasteiger partial charge in [0, 0.05) is 38.8 Å². The molecule has 0 saturated carbocycles. The van der Waals surface area contributed by atoms with Crippen LogP contribution >= 0.6 is 0 Å². The van der Waals surface area contributed by atoms with E-state index in [-0.39, 0.29) is 17.9 Å². The topological polar surface area (TPSA) is 52.7 Å². The predicted octanol–water partition coefficient (Wildman–Crippen LogP) is 2.53. The molecule has 1 aliphatic rings. The van der Waals surface area contributed by atoms with Gasteiger partial charge in [-0.25, -0.2) is 0 Å². The van der Waals surface area contributed by atoms with Gasteiger partial charge in [0.25, 0.3) is 0 Å². The van der Waals surface area contributed by atoms with Crippen molar-refractivity contribution in [1.82, 2.24) is 9.80 Å². The Morgan fingerprint density at radius 2 is 1.44 bits per heavy atom. The number of nitrogens with zero attached hydrogens (tertiary/aromatic N) is 2. The quantitative estimate of drug-likeness (QED) is 0.933. The Kier molecular flexibility index (Phi) is 5.46. The molecule has 1 unspecified atom stereocenters. The number of benzene rings is 2. The maximum absolute atomic E-state index is 13.0. The number of carbonyl (C=O) groups is 2. The maximum Gasteiger partial charge on any atom is 0.246 e. The first-order valence-electron chi connectivity index (χ1n) is 8.55. The fourth-order valence-corrected chi connectivity index (χ4v) is 3.19. The summed E-state index contributed by atoms with van der Waals surface area (Å²) in [5, 5.41) is 3.01. The monoisotopic (exact) mass is 337 g/mol. The first-order chi connectivity index (χ1) is 12.1. The van der Waals surface area contributed by atoms with Gasteiger partial charge in [-0.05, 0) is 17.7 Å². The van der Waals surface area contributed by atoms with Crippen molar-refractivity contribution in [2.24, 2.45) is 0 Å². The first-order valence-corrected chi connectivity index (χ1v) is 8.55. The summed E-state index contributed by atoms with van der Waals surface area (Å²) in [4.78, 5) is 28.5. The first kappa shape index (κ1) is 17.2. The highest BCUT2D eigenvalue weighted by Crippen LogP contribution is 2.24. The van der Waals surface area contributed by atoms with E-state index >= 15 is 0 Å². The lowest BCUT2D eigenvalue weighted by Crippen LogP contribution is -2.51. The highest BCUT2D eigenvalue weighted by atomic mass is 16.2. The van der Waals surface area contributed by atoms with Crippen molar-refractivity contribution in [2.45, 2.75) is 13.0 Å².